The number of nitrogen functional groups attached to an aromatic ring is 1. The highest BCUT2D eigenvalue weighted by Crippen LogP contribution is 2.28. The van der Waals surface area contributed by atoms with Crippen molar-refractivity contribution < 1.29 is 0 Å². The number of anilines is 1. The molecule has 13 heavy (non-hydrogen) atoms. The average molecular weight is 178 g/mol. The standard InChI is InChI=1S/C11H18N2/c1-4-11(3,13)9-7-5-6-8(2)10(9)12/h5-7H,4,12-13H2,1-3H3. The third-order valence-electron chi connectivity index (χ3n) is 2.67. The van der Waals surface area contributed by atoms with E-state index in [0.717, 1.165) is 23.2 Å². The number of rotatable bonds is 2. The zero-order valence-corrected chi connectivity index (χ0v) is 8.59. The van der Waals surface area contributed by atoms with Gasteiger partial charge in [0.1, 0.15) is 0 Å². The molecule has 0 saturated heterocycles. The van der Waals surface area contributed by atoms with Crippen LogP contribution in [0.4, 0.5) is 5.69 Å². The molecule has 0 amide bonds. The van der Waals surface area contributed by atoms with Gasteiger partial charge in [0.05, 0.1) is 0 Å². The maximum Gasteiger partial charge on any atom is 0.0398 e. The van der Waals surface area contributed by atoms with Gasteiger partial charge in [0.25, 0.3) is 0 Å². The molecule has 4 N–H and O–H groups in total. The smallest absolute Gasteiger partial charge is 0.0398 e. The summed E-state index contributed by atoms with van der Waals surface area (Å²) >= 11 is 0. The molecule has 0 aliphatic carbocycles. The van der Waals surface area contributed by atoms with Crippen LogP contribution in [0, 0.1) is 6.92 Å². The van der Waals surface area contributed by atoms with Crippen molar-refractivity contribution in [1.29, 1.82) is 0 Å². The summed E-state index contributed by atoms with van der Waals surface area (Å²) < 4.78 is 0. The van der Waals surface area contributed by atoms with Crippen molar-refractivity contribution in [2.45, 2.75) is 32.7 Å². The Morgan fingerprint density at radius 3 is 2.54 bits per heavy atom. The van der Waals surface area contributed by atoms with Crippen molar-refractivity contribution in [3.63, 3.8) is 0 Å². The fourth-order valence-electron chi connectivity index (χ4n) is 1.37. The minimum absolute atomic E-state index is 0.309. The van der Waals surface area contributed by atoms with Crippen molar-refractivity contribution in [3.8, 4) is 0 Å². The van der Waals surface area contributed by atoms with Gasteiger partial charge < -0.3 is 11.5 Å². The van der Waals surface area contributed by atoms with E-state index in [1.807, 2.05) is 32.0 Å². The van der Waals surface area contributed by atoms with Crippen LogP contribution in [0.5, 0.6) is 0 Å². The number of nitrogens with two attached hydrogens (primary N) is 2. The van der Waals surface area contributed by atoms with E-state index in [0.29, 0.717) is 0 Å². The molecule has 1 unspecified atom stereocenters. The Bertz CT molecular complexity index is 303. The Balaban J connectivity index is 3.22. The van der Waals surface area contributed by atoms with E-state index in [1.54, 1.807) is 0 Å². The summed E-state index contributed by atoms with van der Waals surface area (Å²) in [5.74, 6) is 0. The van der Waals surface area contributed by atoms with Gasteiger partial charge in [-0.3, -0.25) is 0 Å². The normalized spacial score (nSPS) is 15.4. The second-order valence-electron chi connectivity index (χ2n) is 3.81. The molecular weight excluding hydrogens is 160 g/mol. The van der Waals surface area contributed by atoms with Crippen LogP contribution in [0.15, 0.2) is 18.2 Å². The molecule has 0 aromatic heterocycles. The molecule has 72 valence electrons. The van der Waals surface area contributed by atoms with Gasteiger partial charge >= 0.3 is 0 Å². The first-order valence-corrected chi connectivity index (χ1v) is 4.63. The molecule has 1 aromatic rings. The van der Waals surface area contributed by atoms with Gasteiger partial charge in [0.2, 0.25) is 0 Å². The number of hydrogen-bond donors (Lipinski definition) is 2. The predicted molar refractivity (Wildman–Crippen MR) is 57.4 cm³/mol. The highest BCUT2D eigenvalue weighted by molar-refractivity contribution is 5.55. The summed E-state index contributed by atoms with van der Waals surface area (Å²) in [6, 6.07) is 6.01. The Morgan fingerprint density at radius 1 is 1.38 bits per heavy atom. The van der Waals surface area contributed by atoms with Gasteiger partial charge in [-0.25, -0.2) is 0 Å². The van der Waals surface area contributed by atoms with Crippen LogP contribution in [0.2, 0.25) is 0 Å². The first-order valence-electron chi connectivity index (χ1n) is 4.63. The SMILES string of the molecule is CCC(C)(N)c1cccc(C)c1N. The lowest BCUT2D eigenvalue weighted by molar-refractivity contribution is 0.478. The molecule has 2 heteroatoms. The van der Waals surface area contributed by atoms with Crippen LogP contribution in [0.3, 0.4) is 0 Å². The van der Waals surface area contributed by atoms with Crippen molar-refractivity contribution in [1.82, 2.24) is 0 Å². The van der Waals surface area contributed by atoms with Crippen molar-refractivity contribution in [2.75, 3.05) is 5.73 Å². The molecule has 0 spiro atoms. The highest BCUT2D eigenvalue weighted by atomic mass is 14.7. The zero-order chi connectivity index (χ0) is 10.1. The molecule has 0 heterocycles. The number of hydrogen-bond acceptors (Lipinski definition) is 2. The molecule has 0 saturated carbocycles. The summed E-state index contributed by atoms with van der Waals surface area (Å²) in [6.45, 7) is 6.09. The van der Waals surface area contributed by atoms with Crippen molar-refractivity contribution in [3.05, 3.63) is 29.3 Å². The minimum Gasteiger partial charge on any atom is -0.398 e. The van der Waals surface area contributed by atoms with Gasteiger partial charge in [-0.1, -0.05) is 25.1 Å². The molecule has 0 bridgehead atoms. The van der Waals surface area contributed by atoms with E-state index in [-0.39, 0.29) is 5.54 Å². The zero-order valence-electron chi connectivity index (χ0n) is 8.59. The largest absolute Gasteiger partial charge is 0.398 e. The monoisotopic (exact) mass is 178 g/mol. The van der Waals surface area contributed by atoms with Crippen LogP contribution in [-0.2, 0) is 5.54 Å². The second kappa shape index (κ2) is 3.38. The van der Waals surface area contributed by atoms with Crippen LogP contribution >= 0.6 is 0 Å². The number of para-hydroxylation sites is 1. The predicted octanol–water partition coefficient (Wildman–Crippen LogP) is 2.16. The van der Waals surface area contributed by atoms with E-state index >= 15 is 0 Å². The molecule has 1 atom stereocenters. The highest BCUT2D eigenvalue weighted by Gasteiger charge is 2.21. The third kappa shape index (κ3) is 1.83. The summed E-state index contributed by atoms with van der Waals surface area (Å²) in [5.41, 5.74) is 14.8. The molecule has 0 radical (unpaired) electrons. The topological polar surface area (TPSA) is 52.0 Å². The lowest BCUT2D eigenvalue weighted by Crippen LogP contribution is -2.33. The lowest BCUT2D eigenvalue weighted by atomic mass is 9.88. The Kier molecular flexibility index (Phi) is 2.62. The molecule has 2 nitrogen and oxygen atoms in total. The van der Waals surface area contributed by atoms with Gasteiger partial charge in [0, 0.05) is 11.2 Å². The molecule has 1 rings (SSSR count). The van der Waals surface area contributed by atoms with Crippen molar-refractivity contribution >= 4 is 5.69 Å². The molecule has 0 aliphatic heterocycles. The first kappa shape index (κ1) is 10.1. The molecule has 0 aliphatic rings. The summed E-state index contributed by atoms with van der Waals surface area (Å²) in [7, 11) is 0. The average Bonchev–Trinajstić information content (AvgIpc) is 2.09. The number of benzene rings is 1. The van der Waals surface area contributed by atoms with Crippen molar-refractivity contribution in [2.24, 2.45) is 5.73 Å². The van der Waals surface area contributed by atoms with Gasteiger partial charge in [-0.15, -0.1) is 0 Å². The van der Waals surface area contributed by atoms with Gasteiger partial charge in [0.15, 0.2) is 0 Å². The van der Waals surface area contributed by atoms with Crippen LogP contribution in [0.25, 0.3) is 0 Å². The number of aryl methyl sites for hydroxylation is 1. The minimum atomic E-state index is -0.309. The summed E-state index contributed by atoms with van der Waals surface area (Å²) in [5, 5.41) is 0. The Hall–Kier alpha value is -1.02. The van der Waals surface area contributed by atoms with Gasteiger partial charge in [-0.2, -0.15) is 0 Å². The van der Waals surface area contributed by atoms with E-state index in [1.165, 1.54) is 0 Å². The van der Waals surface area contributed by atoms with Crippen LogP contribution < -0.4 is 11.5 Å². The third-order valence-corrected chi connectivity index (χ3v) is 2.67. The molecular formula is C11H18N2. The van der Waals surface area contributed by atoms with Crippen LogP contribution in [-0.4, -0.2) is 0 Å². The lowest BCUT2D eigenvalue weighted by Gasteiger charge is -2.25. The fourth-order valence-corrected chi connectivity index (χ4v) is 1.37. The van der Waals surface area contributed by atoms with Gasteiger partial charge in [-0.05, 0) is 31.4 Å². The van der Waals surface area contributed by atoms with E-state index in [9.17, 15) is 0 Å². The maximum atomic E-state index is 6.13. The Labute approximate surface area is 79.9 Å². The molecule has 0 fully saturated rings. The quantitative estimate of drug-likeness (QED) is 0.682. The maximum absolute atomic E-state index is 6.13. The first-order chi connectivity index (χ1) is 5.99. The summed E-state index contributed by atoms with van der Waals surface area (Å²) in [4.78, 5) is 0. The summed E-state index contributed by atoms with van der Waals surface area (Å²) in [6.07, 6.45) is 0.890. The van der Waals surface area contributed by atoms with E-state index < -0.39 is 0 Å². The van der Waals surface area contributed by atoms with E-state index in [2.05, 4.69) is 6.92 Å². The second-order valence-corrected chi connectivity index (χ2v) is 3.81. The Morgan fingerprint density at radius 2 is 2.00 bits per heavy atom. The fraction of sp³-hybridized carbons (Fsp3) is 0.455. The molecule has 1 aromatic carbocycles. The van der Waals surface area contributed by atoms with Crippen LogP contribution in [0.1, 0.15) is 31.4 Å². The van der Waals surface area contributed by atoms with E-state index in [4.69, 9.17) is 11.5 Å².